The summed E-state index contributed by atoms with van der Waals surface area (Å²) < 4.78 is 9.00. The first-order valence-electron chi connectivity index (χ1n) is 20.4. The Morgan fingerprint density at radius 1 is 0.586 bits per heavy atom. The van der Waals surface area contributed by atoms with Crippen molar-refractivity contribution in [1.29, 1.82) is 0 Å². The average Bonchev–Trinajstić information content (AvgIpc) is 3.75. The van der Waals surface area contributed by atoms with Gasteiger partial charge in [-0.25, -0.2) is 0 Å². The summed E-state index contributed by atoms with van der Waals surface area (Å²) in [5, 5.41) is 6.12. The maximum Gasteiger partial charge on any atom is 0.142 e. The van der Waals surface area contributed by atoms with Gasteiger partial charge in [0.1, 0.15) is 11.3 Å². The molecule has 7 aromatic carbocycles. The van der Waals surface area contributed by atoms with Gasteiger partial charge in [0.15, 0.2) is 0 Å². The number of fused-ring (bicyclic) bond motifs is 7. The molecule has 2 aliphatic carbocycles. The molecule has 0 aliphatic heterocycles. The van der Waals surface area contributed by atoms with Gasteiger partial charge in [-0.3, -0.25) is 0 Å². The van der Waals surface area contributed by atoms with Gasteiger partial charge in [0, 0.05) is 55.7 Å². The molecule has 278 valence electrons. The van der Waals surface area contributed by atoms with Crippen LogP contribution in [-0.2, 0) is 0 Å². The molecule has 2 aliphatic rings. The molecular formula is C55H42N2O. The normalized spacial score (nSPS) is 16.3. The molecule has 0 spiro atoms. The number of hydrogen-bond acceptors (Lipinski definition) is 2. The highest BCUT2D eigenvalue weighted by Crippen LogP contribution is 2.42. The van der Waals surface area contributed by atoms with E-state index in [2.05, 4.69) is 218 Å². The van der Waals surface area contributed by atoms with E-state index in [0.717, 1.165) is 45.7 Å². The largest absolute Gasteiger partial charge is 0.459 e. The number of allylic oxidation sites excluding steroid dienone is 6. The Morgan fingerprint density at radius 3 is 2.16 bits per heavy atom. The van der Waals surface area contributed by atoms with Crippen LogP contribution in [0.4, 0.5) is 11.4 Å². The minimum Gasteiger partial charge on any atom is -0.459 e. The van der Waals surface area contributed by atoms with Crippen LogP contribution in [0.25, 0.3) is 77.6 Å². The van der Waals surface area contributed by atoms with Crippen LogP contribution in [0.3, 0.4) is 0 Å². The van der Waals surface area contributed by atoms with Gasteiger partial charge in [-0.15, -0.1) is 0 Å². The van der Waals surface area contributed by atoms with E-state index >= 15 is 0 Å². The summed E-state index contributed by atoms with van der Waals surface area (Å²) in [6.45, 7) is 4.47. The second-order valence-corrected chi connectivity index (χ2v) is 15.8. The maximum absolute atomic E-state index is 6.60. The molecule has 11 rings (SSSR count). The molecule has 0 bridgehead atoms. The zero-order valence-corrected chi connectivity index (χ0v) is 32.6. The molecule has 2 aromatic heterocycles. The first-order valence-corrected chi connectivity index (χ1v) is 20.4. The van der Waals surface area contributed by atoms with Crippen molar-refractivity contribution >= 4 is 61.0 Å². The Kier molecular flexibility index (Phi) is 8.15. The van der Waals surface area contributed by atoms with Crippen LogP contribution < -0.4 is 4.90 Å². The van der Waals surface area contributed by atoms with Crippen molar-refractivity contribution in [2.24, 2.45) is 5.92 Å². The molecule has 0 saturated carbocycles. The fourth-order valence-corrected chi connectivity index (χ4v) is 9.10. The third kappa shape index (κ3) is 5.65. The minimum absolute atomic E-state index is 0.222. The van der Waals surface area contributed by atoms with Crippen LogP contribution in [-0.4, -0.2) is 4.57 Å². The van der Waals surface area contributed by atoms with E-state index in [4.69, 9.17) is 4.42 Å². The van der Waals surface area contributed by atoms with Crippen LogP contribution >= 0.6 is 0 Å². The molecule has 0 amide bonds. The smallest absolute Gasteiger partial charge is 0.142 e. The number of nitrogens with zero attached hydrogens (tertiary/aromatic N) is 2. The Labute approximate surface area is 338 Å². The molecular weight excluding hydrogens is 705 g/mol. The lowest BCUT2D eigenvalue weighted by atomic mass is 9.99. The summed E-state index contributed by atoms with van der Waals surface area (Å²) in [5.74, 6) is 1.79. The summed E-state index contributed by atoms with van der Waals surface area (Å²) in [4.78, 5) is 2.41. The van der Waals surface area contributed by atoms with Gasteiger partial charge in [-0.1, -0.05) is 153 Å². The summed E-state index contributed by atoms with van der Waals surface area (Å²) in [6.07, 6.45) is 16.6. The number of benzene rings is 7. The predicted molar refractivity (Wildman–Crippen MR) is 245 cm³/mol. The lowest BCUT2D eigenvalue weighted by molar-refractivity contribution is 0.537. The van der Waals surface area contributed by atoms with E-state index in [1.165, 1.54) is 60.7 Å². The molecule has 2 unspecified atom stereocenters. The summed E-state index contributed by atoms with van der Waals surface area (Å²) >= 11 is 0. The van der Waals surface area contributed by atoms with Gasteiger partial charge in [0.05, 0.1) is 16.7 Å². The van der Waals surface area contributed by atoms with E-state index in [0.29, 0.717) is 5.92 Å². The number of furan rings is 1. The Hall–Kier alpha value is -7.10. The van der Waals surface area contributed by atoms with Gasteiger partial charge < -0.3 is 13.9 Å². The predicted octanol–water partition coefficient (Wildman–Crippen LogP) is 15.3. The van der Waals surface area contributed by atoms with E-state index in [1.54, 1.807) is 0 Å². The quantitative estimate of drug-likeness (QED) is 0.169. The molecule has 3 nitrogen and oxygen atoms in total. The molecule has 0 saturated heterocycles. The van der Waals surface area contributed by atoms with Gasteiger partial charge in [-0.2, -0.15) is 0 Å². The summed E-state index contributed by atoms with van der Waals surface area (Å²) in [7, 11) is 0. The standard InChI is InChI=1S/C55H42N2O/c1-36-21-28-42(29-22-36)56(51-20-9-13-39-12-4-6-14-45(39)51)43-30-23-38(24-31-43)41-27-34-53-50(35-41)47-15-7-8-19-52(47)57(53)44-32-25-40(26-33-44)46-17-10-18-49-48-16-5-3-11-37(2)54(48)58-55(46)49/h3-21,23-37H,22H2,1-2H3. The fourth-order valence-electron chi connectivity index (χ4n) is 9.10. The van der Waals surface area contributed by atoms with Crippen LogP contribution in [0.1, 0.15) is 37.5 Å². The third-order valence-corrected chi connectivity index (χ3v) is 12.1. The average molecular weight is 747 g/mol. The molecule has 9 aromatic rings. The van der Waals surface area contributed by atoms with E-state index in [9.17, 15) is 0 Å². The number of hydrogen-bond donors (Lipinski definition) is 0. The Bertz CT molecular complexity index is 3160. The SMILES string of the molecule is CC1C=CC(N(c2ccc(-c3ccc4c(c3)c3ccccc3n4-c3ccc(-c4cccc5c6c(oc45)C(C)C=CC=C6)cc3)cc2)c2cccc3ccccc23)=CC1. The molecule has 2 atom stereocenters. The van der Waals surface area contributed by atoms with Gasteiger partial charge >= 0.3 is 0 Å². The van der Waals surface area contributed by atoms with Crippen molar-refractivity contribution < 1.29 is 4.42 Å². The summed E-state index contributed by atoms with van der Waals surface area (Å²) in [5.41, 5.74) is 13.8. The number of anilines is 2. The number of rotatable bonds is 6. The number of aromatic nitrogens is 1. The molecule has 2 heterocycles. The van der Waals surface area contributed by atoms with Crippen molar-refractivity contribution in [2.75, 3.05) is 4.90 Å². The molecule has 3 heteroatoms. The second-order valence-electron chi connectivity index (χ2n) is 15.8. The van der Waals surface area contributed by atoms with Gasteiger partial charge in [0.2, 0.25) is 0 Å². The molecule has 0 fully saturated rings. The molecule has 0 N–H and O–H groups in total. The lowest BCUT2D eigenvalue weighted by Gasteiger charge is -2.29. The van der Waals surface area contributed by atoms with Crippen molar-refractivity contribution in [3.05, 3.63) is 205 Å². The first kappa shape index (κ1) is 34.2. The van der Waals surface area contributed by atoms with Crippen molar-refractivity contribution in [2.45, 2.75) is 26.2 Å². The van der Waals surface area contributed by atoms with Gasteiger partial charge in [0.25, 0.3) is 0 Å². The van der Waals surface area contributed by atoms with Crippen LogP contribution in [0, 0.1) is 5.92 Å². The van der Waals surface area contributed by atoms with E-state index < -0.39 is 0 Å². The maximum atomic E-state index is 6.60. The molecule has 58 heavy (non-hydrogen) atoms. The third-order valence-electron chi connectivity index (χ3n) is 12.1. The van der Waals surface area contributed by atoms with Crippen LogP contribution in [0.2, 0.25) is 0 Å². The number of para-hydroxylation sites is 2. The summed E-state index contributed by atoms with van der Waals surface area (Å²) in [6, 6.07) is 55.5. The molecule has 0 radical (unpaired) electrons. The van der Waals surface area contributed by atoms with E-state index in [-0.39, 0.29) is 5.92 Å². The minimum atomic E-state index is 0.222. The zero-order valence-electron chi connectivity index (χ0n) is 32.6. The monoisotopic (exact) mass is 746 g/mol. The Balaban J connectivity index is 0.958. The fraction of sp³-hybridized carbons (Fsp3) is 0.0909. The lowest BCUT2D eigenvalue weighted by Crippen LogP contribution is -2.17. The van der Waals surface area contributed by atoms with E-state index in [1.807, 2.05) is 0 Å². The van der Waals surface area contributed by atoms with Crippen molar-refractivity contribution in [3.63, 3.8) is 0 Å². The second kappa shape index (κ2) is 13.8. The van der Waals surface area contributed by atoms with Crippen molar-refractivity contribution in [1.82, 2.24) is 4.57 Å². The van der Waals surface area contributed by atoms with Gasteiger partial charge in [-0.05, 0) is 89.0 Å². The Morgan fingerprint density at radius 2 is 1.31 bits per heavy atom. The highest BCUT2D eigenvalue weighted by Gasteiger charge is 2.21. The zero-order chi connectivity index (χ0) is 38.7. The van der Waals surface area contributed by atoms with Crippen LogP contribution in [0.5, 0.6) is 0 Å². The topological polar surface area (TPSA) is 21.3 Å². The van der Waals surface area contributed by atoms with Crippen LogP contribution in [0.15, 0.2) is 198 Å². The highest BCUT2D eigenvalue weighted by atomic mass is 16.3. The first-order chi connectivity index (χ1) is 28.6. The van der Waals surface area contributed by atoms with Crippen molar-refractivity contribution in [3.8, 4) is 27.9 Å². The highest BCUT2D eigenvalue weighted by molar-refractivity contribution is 6.10.